The average molecular weight is 284 g/mol. The number of hydrogen-bond acceptors (Lipinski definition) is 2. The molecule has 104 valence electrons. The SMILES string of the molecule is Cc1ccc(NC(=O)[C@H](NC(N)=O)C(C)C)cc1Cl. The van der Waals surface area contributed by atoms with Crippen LogP contribution in [-0.4, -0.2) is 18.0 Å². The molecule has 0 aliphatic carbocycles. The molecule has 0 bridgehead atoms. The third-order valence-electron chi connectivity index (χ3n) is 2.69. The first-order valence-corrected chi connectivity index (χ1v) is 6.32. The van der Waals surface area contributed by atoms with Gasteiger partial charge in [-0.3, -0.25) is 4.79 Å². The second-order valence-electron chi connectivity index (χ2n) is 4.68. The minimum absolute atomic E-state index is 0.0755. The topological polar surface area (TPSA) is 84.2 Å². The summed E-state index contributed by atoms with van der Waals surface area (Å²) >= 11 is 5.98. The zero-order valence-electron chi connectivity index (χ0n) is 11.2. The van der Waals surface area contributed by atoms with Crippen molar-refractivity contribution in [3.63, 3.8) is 0 Å². The van der Waals surface area contributed by atoms with Crippen molar-refractivity contribution < 1.29 is 9.59 Å². The van der Waals surface area contributed by atoms with Gasteiger partial charge in [0.1, 0.15) is 6.04 Å². The van der Waals surface area contributed by atoms with Crippen LogP contribution in [0, 0.1) is 12.8 Å². The maximum absolute atomic E-state index is 12.1. The molecular formula is C13H18ClN3O2. The third kappa shape index (κ3) is 4.44. The Morgan fingerprint density at radius 3 is 2.42 bits per heavy atom. The van der Waals surface area contributed by atoms with E-state index in [2.05, 4.69) is 10.6 Å². The van der Waals surface area contributed by atoms with E-state index in [1.807, 2.05) is 26.8 Å². The van der Waals surface area contributed by atoms with Crippen molar-refractivity contribution in [3.05, 3.63) is 28.8 Å². The second-order valence-corrected chi connectivity index (χ2v) is 5.09. The summed E-state index contributed by atoms with van der Waals surface area (Å²) in [5.41, 5.74) is 6.56. The van der Waals surface area contributed by atoms with Gasteiger partial charge in [-0.25, -0.2) is 4.79 Å². The van der Waals surface area contributed by atoms with Crippen LogP contribution in [0.25, 0.3) is 0 Å². The predicted molar refractivity (Wildman–Crippen MR) is 76.2 cm³/mol. The number of rotatable bonds is 4. The van der Waals surface area contributed by atoms with Crippen LogP contribution in [0.1, 0.15) is 19.4 Å². The lowest BCUT2D eigenvalue weighted by atomic mass is 10.0. The number of aryl methyl sites for hydroxylation is 1. The summed E-state index contributed by atoms with van der Waals surface area (Å²) in [5, 5.41) is 5.69. The summed E-state index contributed by atoms with van der Waals surface area (Å²) in [6, 6.07) is 3.81. The molecule has 0 aliphatic rings. The Balaban J connectivity index is 2.81. The molecular weight excluding hydrogens is 266 g/mol. The first-order valence-electron chi connectivity index (χ1n) is 5.94. The van der Waals surface area contributed by atoms with E-state index in [4.69, 9.17) is 17.3 Å². The van der Waals surface area contributed by atoms with Gasteiger partial charge >= 0.3 is 6.03 Å². The average Bonchev–Trinajstić information content (AvgIpc) is 2.30. The fourth-order valence-electron chi connectivity index (χ4n) is 1.58. The lowest BCUT2D eigenvalue weighted by Crippen LogP contribution is -2.49. The molecule has 1 aromatic rings. The summed E-state index contributed by atoms with van der Waals surface area (Å²) in [7, 11) is 0. The Labute approximate surface area is 117 Å². The standard InChI is InChI=1S/C13H18ClN3O2/c1-7(2)11(17-13(15)19)12(18)16-9-5-4-8(3)10(14)6-9/h4-7,11H,1-3H3,(H,16,18)(H3,15,17,19)/t11-/m1/s1. The molecule has 0 fully saturated rings. The van der Waals surface area contributed by atoms with Gasteiger partial charge in [-0.15, -0.1) is 0 Å². The highest BCUT2D eigenvalue weighted by Gasteiger charge is 2.23. The minimum Gasteiger partial charge on any atom is -0.352 e. The van der Waals surface area contributed by atoms with Crippen molar-refractivity contribution in [1.82, 2.24) is 5.32 Å². The molecule has 3 amide bonds. The normalized spacial score (nSPS) is 12.1. The summed E-state index contributed by atoms with van der Waals surface area (Å²) in [4.78, 5) is 22.9. The van der Waals surface area contributed by atoms with Crippen molar-refractivity contribution >= 4 is 29.2 Å². The number of hydrogen-bond donors (Lipinski definition) is 3. The zero-order valence-corrected chi connectivity index (χ0v) is 11.9. The predicted octanol–water partition coefficient (Wildman–Crippen LogP) is 2.28. The zero-order chi connectivity index (χ0) is 14.6. The van der Waals surface area contributed by atoms with Crippen LogP contribution in [0.3, 0.4) is 0 Å². The number of nitrogens with two attached hydrogens (primary N) is 1. The van der Waals surface area contributed by atoms with Gasteiger partial charge < -0.3 is 16.4 Å². The number of urea groups is 1. The first-order chi connectivity index (χ1) is 8.81. The third-order valence-corrected chi connectivity index (χ3v) is 3.09. The van der Waals surface area contributed by atoms with Gasteiger partial charge in [0, 0.05) is 10.7 Å². The van der Waals surface area contributed by atoms with E-state index in [9.17, 15) is 9.59 Å². The number of amides is 3. The van der Waals surface area contributed by atoms with E-state index in [-0.39, 0.29) is 11.8 Å². The molecule has 0 heterocycles. The first kappa shape index (κ1) is 15.3. The van der Waals surface area contributed by atoms with Crippen LogP contribution in [0.5, 0.6) is 0 Å². The second kappa shape index (κ2) is 6.43. The van der Waals surface area contributed by atoms with E-state index in [1.165, 1.54) is 0 Å². The maximum atomic E-state index is 12.1. The highest BCUT2D eigenvalue weighted by Crippen LogP contribution is 2.20. The molecule has 0 spiro atoms. The summed E-state index contributed by atoms with van der Waals surface area (Å²) in [6.45, 7) is 5.52. The molecule has 1 aromatic carbocycles. The van der Waals surface area contributed by atoms with Crippen LogP contribution in [-0.2, 0) is 4.79 Å². The van der Waals surface area contributed by atoms with E-state index < -0.39 is 12.1 Å². The van der Waals surface area contributed by atoms with Crippen molar-refractivity contribution in [2.45, 2.75) is 26.8 Å². The van der Waals surface area contributed by atoms with Gasteiger partial charge in [-0.1, -0.05) is 31.5 Å². The minimum atomic E-state index is -0.726. The summed E-state index contributed by atoms with van der Waals surface area (Å²) in [6.07, 6.45) is 0. The molecule has 0 radical (unpaired) electrons. The summed E-state index contributed by atoms with van der Waals surface area (Å²) in [5.74, 6) is -0.401. The number of nitrogens with one attached hydrogen (secondary N) is 2. The van der Waals surface area contributed by atoms with Gasteiger partial charge in [0.2, 0.25) is 5.91 Å². The highest BCUT2D eigenvalue weighted by molar-refractivity contribution is 6.31. The van der Waals surface area contributed by atoms with Crippen LogP contribution in [0.4, 0.5) is 10.5 Å². The smallest absolute Gasteiger partial charge is 0.312 e. The Bertz CT molecular complexity index is 489. The molecule has 0 aromatic heterocycles. The Hall–Kier alpha value is -1.75. The van der Waals surface area contributed by atoms with Crippen molar-refractivity contribution in [2.24, 2.45) is 11.7 Å². The monoisotopic (exact) mass is 283 g/mol. The number of anilines is 1. The lowest BCUT2D eigenvalue weighted by Gasteiger charge is -2.20. The largest absolute Gasteiger partial charge is 0.352 e. The number of benzene rings is 1. The lowest BCUT2D eigenvalue weighted by molar-refractivity contribution is -0.118. The van der Waals surface area contributed by atoms with Crippen molar-refractivity contribution in [3.8, 4) is 0 Å². The Morgan fingerprint density at radius 2 is 1.95 bits per heavy atom. The fraction of sp³-hybridized carbons (Fsp3) is 0.385. The van der Waals surface area contributed by atoms with Gasteiger partial charge in [0.15, 0.2) is 0 Å². The molecule has 1 rings (SSSR count). The van der Waals surface area contributed by atoms with E-state index in [0.717, 1.165) is 5.56 Å². The van der Waals surface area contributed by atoms with Crippen LogP contribution in [0.2, 0.25) is 5.02 Å². The van der Waals surface area contributed by atoms with Gasteiger partial charge in [-0.2, -0.15) is 0 Å². The van der Waals surface area contributed by atoms with E-state index >= 15 is 0 Å². The van der Waals surface area contributed by atoms with Crippen molar-refractivity contribution in [1.29, 1.82) is 0 Å². The summed E-state index contributed by atoms with van der Waals surface area (Å²) < 4.78 is 0. The number of carbonyl (C=O) groups excluding carboxylic acids is 2. The quantitative estimate of drug-likeness (QED) is 0.792. The molecule has 4 N–H and O–H groups in total. The number of primary amides is 1. The Kier molecular flexibility index (Phi) is 5.18. The molecule has 0 unspecified atom stereocenters. The van der Waals surface area contributed by atoms with Crippen LogP contribution in [0.15, 0.2) is 18.2 Å². The van der Waals surface area contributed by atoms with Gasteiger partial charge in [-0.05, 0) is 30.5 Å². The van der Waals surface area contributed by atoms with Crippen LogP contribution < -0.4 is 16.4 Å². The maximum Gasteiger partial charge on any atom is 0.312 e. The fourth-order valence-corrected chi connectivity index (χ4v) is 1.76. The highest BCUT2D eigenvalue weighted by atomic mass is 35.5. The molecule has 0 saturated carbocycles. The molecule has 19 heavy (non-hydrogen) atoms. The van der Waals surface area contributed by atoms with Gasteiger partial charge in [0.05, 0.1) is 0 Å². The molecule has 5 nitrogen and oxygen atoms in total. The molecule has 1 atom stereocenters. The van der Waals surface area contributed by atoms with Gasteiger partial charge in [0.25, 0.3) is 0 Å². The number of halogens is 1. The van der Waals surface area contributed by atoms with E-state index in [1.54, 1.807) is 12.1 Å². The molecule has 0 aliphatic heterocycles. The van der Waals surface area contributed by atoms with Crippen molar-refractivity contribution in [2.75, 3.05) is 5.32 Å². The number of carbonyl (C=O) groups is 2. The Morgan fingerprint density at radius 1 is 1.32 bits per heavy atom. The van der Waals surface area contributed by atoms with Crippen LogP contribution >= 0.6 is 11.6 Å². The molecule has 0 saturated heterocycles. The van der Waals surface area contributed by atoms with E-state index in [0.29, 0.717) is 10.7 Å². The molecule has 6 heteroatoms.